The van der Waals surface area contributed by atoms with Gasteiger partial charge in [-0.25, -0.2) is 0 Å². The Bertz CT molecular complexity index is 217. The molecule has 4 nitrogen and oxygen atoms in total. The standard InChI is InChI=1S/C8H14O4/c1-4-7(10)6(2,3)8(7,11)5(9)12-4/h4-5,9-11H,1-3H3/t4-,5?,7-,8+/m0/s1. The summed E-state index contributed by atoms with van der Waals surface area (Å²) in [5.41, 5.74) is -3.46. The highest BCUT2D eigenvalue weighted by Crippen LogP contribution is 2.72. The molecule has 12 heavy (non-hydrogen) atoms. The molecule has 0 bridgehead atoms. The van der Waals surface area contributed by atoms with Crippen LogP contribution in [-0.4, -0.2) is 38.9 Å². The normalized spacial score (nSPS) is 61.5. The van der Waals surface area contributed by atoms with E-state index >= 15 is 0 Å². The molecule has 3 N–H and O–H groups in total. The summed E-state index contributed by atoms with van der Waals surface area (Å²) in [4.78, 5) is 0. The fraction of sp³-hybridized carbons (Fsp3) is 1.00. The predicted octanol–water partition coefficient (Wildman–Crippen LogP) is -0.774. The maximum absolute atomic E-state index is 9.96. The van der Waals surface area contributed by atoms with Crippen molar-refractivity contribution in [3.05, 3.63) is 0 Å². The van der Waals surface area contributed by atoms with Crippen molar-refractivity contribution in [1.82, 2.24) is 0 Å². The molecule has 2 rings (SSSR count). The maximum atomic E-state index is 9.96. The molecule has 2 aliphatic rings. The molecule has 1 heterocycles. The van der Waals surface area contributed by atoms with Gasteiger partial charge < -0.3 is 20.1 Å². The van der Waals surface area contributed by atoms with E-state index in [0.717, 1.165) is 0 Å². The van der Waals surface area contributed by atoms with Crippen molar-refractivity contribution in [3.63, 3.8) is 0 Å². The summed E-state index contributed by atoms with van der Waals surface area (Å²) >= 11 is 0. The number of ether oxygens (including phenoxy) is 1. The average molecular weight is 174 g/mol. The van der Waals surface area contributed by atoms with Gasteiger partial charge in [-0.05, 0) is 6.92 Å². The van der Waals surface area contributed by atoms with Crippen molar-refractivity contribution in [3.8, 4) is 0 Å². The Kier molecular flexibility index (Phi) is 1.20. The van der Waals surface area contributed by atoms with Gasteiger partial charge in [-0.2, -0.15) is 0 Å². The molecular formula is C8H14O4. The van der Waals surface area contributed by atoms with Crippen LogP contribution in [-0.2, 0) is 4.74 Å². The van der Waals surface area contributed by atoms with Gasteiger partial charge in [-0.1, -0.05) is 13.8 Å². The molecule has 1 saturated carbocycles. The van der Waals surface area contributed by atoms with E-state index in [9.17, 15) is 15.3 Å². The Morgan fingerprint density at radius 2 is 1.67 bits per heavy atom. The first-order valence-electron chi connectivity index (χ1n) is 4.08. The van der Waals surface area contributed by atoms with Crippen LogP contribution in [0.4, 0.5) is 0 Å². The molecule has 4 atom stereocenters. The van der Waals surface area contributed by atoms with E-state index in [0.29, 0.717) is 0 Å². The van der Waals surface area contributed by atoms with Gasteiger partial charge in [-0.3, -0.25) is 0 Å². The van der Waals surface area contributed by atoms with E-state index < -0.39 is 29.0 Å². The van der Waals surface area contributed by atoms with E-state index in [2.05, 4.69) is 0 Å². The van der Waals surface area contributed by atoms with Crippen LogP contribution in [0.15, 0.2) is 0 Å². The zero-order chi connectivity index (χ0) is 9.36. The SMILES string of the molecule is C[C@@H]1OC(O)[C@@]2(O)C(C)(C)[C@@]12O. The summed E-state index contributed by atoms with van der Waals surface area (Å²) in [6.45, 7) is 5.08. The van der Waals surface area contributed by atoms with E-state index in [1.54, 1.807) is 20.8 Å². The molecule has 2 fully saturated rings. The number of hydrogen-bond donors (Lipinski definition) is 3. The molecule has 0 aromatic rings. The number of fused-ring (bicyclic) bond motifs is 1. The van der Waals surface area contributed by atoms with Crippen LogP contribution >= 0.6 is 0 Å². The van der Waals surface area contributed by atoms with Gasteiger partial charge in [0.2, 0.25) is 0 Å². The number of rotatable bonds is 0. The lowest BCUT2D eigenvalue weighted by atomic mass is 10.0. The maximum Gasteiger partial charge on any atom is 0.187 e. The van der Waals surface area contributed by atoms with Gasteiger partial charge in [0.15, 0.2) is 11.9 Å². The first-order valence-corrected chi connectivity index (χ1v) is 4.08. The zero-order valence-electron chi connectivity index (χ0n) is 7.40. The van der Waals surface area contributed by atoms with Gasteiger partial charge in [0.25, 0.3) is 0 Å². The highest BCUT2D eigenvalue weighted by atomic mass is 16.7. The van der Waals surface area contributed by atoms with E-state index in [1.807, 2.05) is 0 Å². The lowest BCUT2D eigenvalue weighted by Gasteiger charge is -2.21. The highest BCUT2D eigenvalue weighted by Gasteiger charge is 2.91. The fourth-order valence-electron chi connectivity index (χ4n) is 2.60. The van der Waals surface area contributed by atoms with E-state index in [1.165, 1.54) is 0 Å². The summed E-state index contributed by atoms with van der Waals surface area (Å²) < 4.78 is 4.92. The third-order valence-electron chi connectivity index (χ3n) is 3.70. The average Bonchev–Trinajstić information content (AvgIpc) is 2.21. The third-order valence-corrected chi connectivity index (χ3v) is 3.70. The van der Waals surface area contributed by atoms with Gasteiger partial charge in [0, 0.05) is 5.41 Å². The summed E-state index contributed by atoms with van der Waals surface area (Å²) in [5.74, 6) is 0. The largest absolute Gasteiger partial charge is 0.383 e. The molecule has 0 spiro atoms. The van der Waals surface area contributed by atoms with Gasteiger partial charge in [-0.15, -0.1) is 0 Å². The molecule has 0 amide bonds. The Morgan fingerprint density at radius 3 is 1.83 bits per heavy atom. The van der Waals surface area contributed by atoms with Gasteiger partial charge >= 0.3 is 0 Å². The quantitative estimate of drug-likeness (QED) is 0.451. The summed E-state index contributed by atoms with van der Waals surface area (Å²) in [7, 11) is 0. The highest BCUT2D eigenvalue weighted by molar-refractivity contribution is 5.38. The molecule has 1 unspecified atom stereocenters. The Morgan fingerprint density at radius 1 is 1.17 bits per heavy atom. The van der Waals surface area contributed by atoms with Crippen molar-refractivity contribution >= 4 is 0 Å². The first-order chi connectivity index (χ1) is 5.30. The Hall–Kier alpha value is -0.160. The topological polar surface area (TPSA) is 69.9 Å². The number of aliphatic hydroxyl groups is 3. The minimum Gasteiger partial charge on any atom is -0.383 e. The molecule has 1 aliphatic heterocycles. The van der Waals surface area contributed by atoms with Crippen LogP contribution in [0.1, 0.15) is 20.8 Å². The van der Waals surface area contributed by atoms with E-state index in [4.69, 9.17) is 4.74 Å². The van der Waals surface area contributed by atoms with Crippen molar-refractivity contribution in [1.29, 1.82) is 0 Å². The van der Waals surface area contributed by atoms with Gasteiger partial charge in [0.1, 0.15) is 5.60 Å². The van der Waals surface area contributed by atoms with Crippen LogP contribution in [0.25, 0.3) is 0 Å². The molecule has 4 heteroatoms. The molecule has 0 aromatic carbocycles. The number of aliphatic hydroxyl groups excluding tert-OH is 1. The van der Waals surface area contributed by atoms with Gasteiger partial charge in [0.05, 0.1) is 6.10 Å². The monoisotopic (exact) mass is 174 g/mol. The van der Waals surface area contributed by atoms with Crippen LogP contribution in [0.2, 0.25) is 0 Å². The van der Waals surface area contributed by atoms with Crippen LogP contribution in [0.3, 0.4) is 0 Å². The smallest absolute Gasteiger partial charge is 0.187 e. The third kappa shape index (κ3) is 0.461. The summed E-state index contributed by atoms with van der Waals surface area (Å²) in [6, 6.07) is 0. The summed E-state index contributed by atoms with van der Waals surface area (Å²) in [5, 5.41) is 29.2. The minimum absolute atomic E-state index is 0.521. The first kappa shape index (κ1) is 8.44. The fourth-order valence-corrected chi connectivity index (χ4v) is 2.60. The van der Waals surface area contributed by atoms with Crippen LogP contribution in [0.5, 0.6) is 0 Å². The molecule has 1 saturated heterocycles. The second-order valence-corrected chi connectivity index (χ2v) is 4.29. The van der Waals surface area contributed by atoms with Crippen molar-refractivity contribution in [2.45, 2.75) is 44.4 Å². The van der Waals surface area contributed by atoms with Crippen LogP contribution in [0, 0.1) is 5.41 Å². The molecular weight excluding hydrogens is 160 g/mol. The second-order valence-electron chi connectivity index (χ2n) is 4.29. The Balaban J connectivity index is 2.45. The molecule has 0 aromatic heterocycles. The Labute approximate surface area is 70.8 Å². The summed E-state index contributed by atoms with van der Waals surface area (Å²) in [6.07, 6.45) is -1.79. The molecule has 1 aliphatic carbocycles. The zero-order valence-corrected chi connectivity index (χ0v) is 7.40. The van der Waals surface area contributed by atoms with Crippen molar-refractivity contribution in [2.75, 3.05) is 0 Å². The van der Waals surface area contributed by atoms with Crippen molar-refractivity contribution in [2.24, 2.45) is 5.41 Å². The predicted molar refractivity (Wildman–Crippen MR) is 40.2 cm³/mol. The second kappa shape index (κ2) is 1.70. The molecule has 0 radical (unpaired) electrons. The van der Waals surface area contributed by atoms with Crippen molar-refractivity contribution < 1.29 is 20.1 Å². The van der Waals surface area contributed by atoms with Crippen LogP contribution < -0.4 is 0 Å². The number of hydrogen-bond acceptors (Lipinski definition) is 4. The molecule has 70 valence electrons. The van der Waals surface area contributed by atoms with E-state index in [-0.39, 0.29) is 0 Å². The lowest BCUT2D eigenvalue weighted by molar-refractivity contribution is -0.175. The minimum atomic E-state index is -1.49. The lowest BCUT2D eigenvalue weighted by Crippen LogP contribution is -2.32.